The van der Waals surface area contributed by atoms with E-state index in [1.54, 1.807) is 4.90 Å². The highest BCUT2D eigenvalue weighted by atomic mass is 16.2. The van der Waals surface area contributed by atoms with Gasteiger partial charge in [0, 0.05) is 44.7 Å². The largest absolute Gasteiger partial charge is 0.354 e. The van der Waals surface area contributed by atoms with E-state index >= 15 is 0 Å². The molecule has 2 aromatic heterocycles. The lowest BCUT2D eigenvalue weighted by molar-refractivity contribution is -0.122. The van der Waals surface area contributed by atoms with Crippen LogP contribution in [0.3, 0.4) is 0 Å². The van der Waals surface area contributed by atoms with Gasteiger partial charge in [0.15, 0.2) is 0 Å². The second kappa shape index (κ2) is 7.76. The molecule has 1 aliphatic heterocycles. The minimum atomic E-state index is 0.0433. The molecule has 0 aliphatic carbocycles. The number of hydrogen-bond acceptors (Lipinski definition) is 3. The molecule has 1 N–H and O–H groups in total. The number of aromatic nitrogens is 3. The Kier molecular flexibility index (Phi) is 5.44. The highest BCUT2D eigenvalue weighted by Crippen LogP contribution is 2.28. The van der Waals surface area contributed by atoms with Gasteiger partial charge in [-0.1, -0.05) is 6.92 Å². The Bertz CT molecular complexity index is 792. The summed E-state index contributed by atoms with van der Waals surface area (Å²) in [7, 11) is 1.98. The van der Waals surface area contributed by atoms with Crippen molar-refractivity contribution in [3.8, 4) is 11.4 Å². The highest BCUT2D eigenvalue weighted by molar-refractivity contribution is 5.94. The molecule has 0 aromatic carbocycles. The lowest BCUT2D eigenvalue weighted by atomic mass is 10.2. The molecule has 2 amide bonds. The summed E-state index contributed by atoms with van der Waals surface area (Å²) in [6.07, 6.45) is 4.40. The third-order valence-electron chi connectivity index (χ3n) is 4.89. The Labute approximate surface area is 154 Å². The highest BCUT2D eigenvalue weighted by Gasteiger charge is 2.26. The van der Waals surface area contributed by atoms with Gasteiger partial charge in [-0.15, -0.1) is 0 Å². The molecule has 0 saturated carbocycles. The summed E-state index contributed by atoms with van der Waals surface area (Å²) in [5.74, 6) is 0.958. The van der Waals surface area contributed by atoms with Crippen LogP contribution in [0.1, 0.15) is 39.5 Å². The fraction of sp³-hybridized carbons (Fsp3) is 0.526. The number of nitrogens with zero attached hydrogens (tertiary/aromatic N) is 4. The Hall–Kier alpha value is -2.57. The number of carbonyl (C=O) groups excluding carboxylic acids is 2. The van der Waals surface area contributed by atoms with E-state index in [0.717, 1.165) is 23.6 Å². The van der Waals surface area contributed by atoms with Crippen molar-refractivity contribution in [2.45, 2.75) is 52.1 Å². The maximum absolute atomic E-state index is 12.4. The lowest BCUT2D eigenvalue weighted by Crippen LogP contribution is -2.39. The third-order valence-corrected chi connectivity index (χ3v) is 4.89. The van der Waals surface area contributed by atoms with Crippen molar-refractivity contribution in [3.05, 3.63) is 24.4 Å². The average Bonchev–Trinajstić information content (AvgIpc) is 3.22. The maximum Gasteiger partial charge on any atom is 0.229 e. The van der Waals surface area contributed by atoms with Crippen molar-refractivity contribution in [1.29, 1.82) is 0 Å². The van der Waals surface area contributed by atoms with E-state index in [0.29, 0.717) is 32.4 Å². The van der Waals surface area contributed by atoms with Gasteiger partial charge in [0.2, 0.25) is 11.8 Å². The molecule has 7 heteroatoms. The number of rotatable bonds is 7. The number of aryl methyl sites for hydroxylation is 2. The fourth-order valence-electron chi connectivity index (χ4n) is 3.19. The molecule has 2 aromatic rings. The average molecular weight is 357 g/mol. The molecule has 1 atom stereocenters. The summed E-state index contributed by atoms with van der Waals surface area (Å²) < 4.78 is 3.91. The molecule has 1 aliphatic rings. The first-order chi connectivity index (χ1) is 12.5. The van der Waals surface area contributed by atoms with E-state index < -0.39 is 0 Å². The second-order valence-corrected chi connectivity index (χ2v) is 6.89. The number of fused-ring (bicyclic) bond motifs is 1. The molecule has 0 unspecified atom stereocenters. The van der Waals surface area contributed by atoms with Gasteiger partial charge in [-0.3, -0.25) is 14.5 Å². The summed E-state index contributed by atoms with van der Waals surface area (Å²) in [6, 6.07) is 6.14. The van der Waals surface area contributed by atoms with Gasteiger partial charge >= 0.3 is 0 Å². The molecule has 0 saturated heterocycles. The quantitative estimate of drug-likeness (QED) is 0.826. The van der Waals surface area contributed by atoms with E-state index in [1.165, 1.54) is 0 Å². The predicted octanol–water partition coefficient (Wildman–Crippen LogP) is 2.32. The lowest BCUT2D eigenvalue weighted by Gasteiger charge is -2.27. The molecular weight excluding hydrogens is 330 g/mol. The Morgan fingerprint density at radius 3 is 2.92 bits per heavy atom. The van der Waals surface area contributed by atoms with Gasteiger partial charge < -0.3 is 9.88 Å². The van der Waals surface area contributed by atoms with Crippen molar-refractivity contribution < 1.29 is 9.59 Å². The van der Waals surface area contributed by atoms with Crippen LogP contribution in [0.15, 0.2) is 24.4 Å². The van der Waals surface area contributed by atoms with Crippen LogP contribution in [-0.2, 0) is 23.2 Å². The summed E-state index contributed by atoms with van der Waals surface area (Å²) in [4.78, 5) is 26.1. The van der Waals surface area contributed by atoms with Crippen LogP contribution in [0.25, 0.3) is 11.4 Å². The molecule has 7 nitrogen and oxygen atoms in total. The number of carbonyl (C=O) groups is 2. The monoisotopic (exact) mass is 357 g/mol. The van der Waals surface area contributed by atoms with E-state index in [1.807, 2.05) is 54.5 Å². The zero-order chi connectivity index (χ0) is 18.7. The van der Waals surface area contributed by atoms with Crippen LogP contribution < -0.4 is 10.2 Å². The molecule has 0 fully saturated rings. The third kappa shape index (κ3) is 3.81. The molecule has 140 valence electrons. The Morgan fingerprint density at radius 2 is 2.23 bits per heavy atom. The molecule has 0 bridgehead atoms. The van der Waals surface area contributed by atoms with Crippen LogP contribution in [0.5, 0.6) is 0 Å². The van der Waals surface area contributed by atoms with Gasteiger partial charge in [-0.25, -0.2) is 4.68 Å². The van der Waals surface area contributed by atoms with E-state index in [2.05, 4.69) is 10.4 Å². The van der Waals surface area contributed by atoms with Crippen molar-refractivity contribution >= 4 is 17.6 Å². The number of amides is 2. The van der Waals surface area contributed by atoms with Gasteiger partial charge in [-0.05, 0) is 31.9 Å². The first kappa shape index (κ1) is 18.2. The fourth-order valence-corrected chi connectivity index (χ4v) is 3.19. The van der Waals surface area contributed by atoms with Crippen molar-refractivity contribution in [2.24, 2.45) is 7.05 Å². The van der Waals surface area contributed by atoms with Crippen LogP contribution in [0, 0.1) is 0 Å². The van der Waals surface area contributed by atoms with Gasteiger partial charge in [-0.2, -0.15) is 5.10 Å². The molecule has 3 heterocycles. The van der Waals surface area contributed by atoms with Crippen LogP contribution in [0.4, 0.5) is 5.82 Å². The zero-order valence-electron chi connectivity index (χ0n) is 15.7. The topological polar surface area (TPSA) is 72.2 Å². The standard InChI is InChI=1S/C19H27N5O2/c1-4-14(2)20-17(25)8-6-11-23-18-13-15(16-7-5-10-22(16)3)21-24(18)12-9-19(23)26/h5,7,10,13-14H,4,6,8-9,11-12H2,1-3H3,(H,20,25)/t14-/m0/s1. The van der Waals surface area contributed by atoms with Gasteiger partial charge in [0.1, 0.15) is 11.5 Å². The van der Waals surface area contributed by atoms with Crippen molar-refractivity contribution in [3.63, 3.8) is 0 Å². The summed E-state index contributed by atoms with van der Waals surface area (Å²) in [6.45, 7) is 5.17. The predicted molar refractivity (Wildman–Crippen MR) is 101 cm³/mol. The molecule has 0 spiro atoms. The van der Waals surface area contributed by atoms with E-state index in [9.17, 15) is 9.59 Å². The Balaban J connectivity index is 1.68. The second-order valence-electron chi connectivity index (χ2n) is 6.89. The number of anilines is 1. The van der Waals surface area contributed by atoms with Crippen LogP contribution >= 0.6 is 0 Å². The smallest absolute Gasteiger partial charge is 0.229 e. The SMILES string of the molecule is CC[C@H](C)NC(=O)CCCN1C(=O)CCn2nc(-c3cccn3C)cc21. The van der Waals surface area contributed by atoms with Crippen LogP contribution in [-0.4, -0.2) is 38.7 Å². The van der Waals surface area contributed by atoms with Crippen molar-refractivity contribution in [1.82, 2.24) is 19.7 Å². The number of hydrogen-bond donors (Lipinski definition) is 1. The first-order valence-corrected chi connectivity index (χ1v) is 9.29. The summed E-state index contributed by atoms with van der Waals surface area (Å²) >= 11 is 0. The van der Waals surface area contributed by atoms with Crippen molar-refractivity contribution in [2.75, 3.05) is 11.4 Å². The minimum Gasteiger partial charge on any atom is -0.354 e. The van der Waals surface area contributed by atoms with E-state index in [-0.39, 0.29) is 17.9 Å². The summed E-state index contributed by atoms with van der Waals surface area (Å²) in [5.41, 5.74) is 1.88. The maximum atomic E-state index is 12.4. The van der Waals surface area contributed by atoms with Gasteiger partial charge in [0.05, 0.1) is 12.2 Å². The van der Waals surface area contributed by atoms with Gasteiger partial charge in [0.25, 0.3) is 0 Å². The molecular formula is C19H27N5O2. The normalized spacial score (nSPS) is 15.0. The van der Waals surface area contributed by atoms with Crippen LogP contribution in [0.2, 0.25) is 0 Å². The minimum absolute atomic E-state index is 0.0433. The summed E-state index contributed by atoms with van der Waals surface area (Å²) in [5, 5.41) is 7.62. The van der Waals surface area contributed by atoms with E-state index in [4.69, 9.17) is 0 Å². The first-order valence-electron chi connectivity index (χ1n) is 9.29. The molecule has 0 radical (unpaired) electrons. The number of nitrogens with one attached hydrogen (secondary N) is 1. The zero-order valence-corrected chi connectivity index (χ0v) is 15.7. The Morgan fingerprint density at radius 1 is 1.42 bits per heavy atom. The molecule has 26 heavy (non-hydrogen) atoms. The molecule has 3 rings (SSSR count).